The van der Waals surface area contributed by atoms with Crippen molar-refractivity contribution in [1.82, 2.24) is 64.6 Å². The van der Waals surface area contributed by atoms with Crippen molar-refractivity contribution in [3.05, 3.63) is 299 Å². The normalized spacial score (nSPS) is 10.5. The molecular weight excluding hydrogens is 1740 g/mol. The minimum Gasteiger partial charge on any atom is -0.495 e. The van der Waals surface area contributed by atoms with E-state index >= 15 is 0 Å². The molecule has 14 N–H and O–H groups in total. The molecule has 14 aromatic rings. The maximum absolute atomic E-state index is 13.8. The Labute approximate surface area is 734 Å². The summed E-state index contributed by atoms with van der Waals surface area (Å²) in [5, 5.41) is 52.7. The summed E-state index contributed by atoms with van der Waals surface area (Å²) in [6.45, 7) is 0. The number of isocyanates is 1. The van der Waals surface area contributed by atoms with E-state index in [1.165, 1.54) is 119 Å². The van der Waals surface area contributed by atoms with E-state index in [2.05, 4.69) is 91.4 Å². The van der Waals surface area contributed by atoms with E-state index in [1.54, 1.807) is 86.4 Å². The molecule has 0 bridgehead atoms. The molecule has 0 aliphatic heterocycles. The number of nitrogens with two attached hydrogens (primary N) is 3. The molecule has 676 valence electrons. The van der Waals surface area contributed by atoms with Gasteiger partial charge in [0.05, 0.1) is 47.2 Å². The Morgan fingerprint density at radius 1 is 0.519 bits per heavy atom. The molecule has 0 saturated carbocycles. The van der Waals surface area contributed by atoms with Crippen LogP contribution in [-0.4, -0.2) is 156 Å². The van der Waals surface area contributed by atoms with Gasteiger partial charge in [0.25, 0.3) is 11.4 Å². The number of aromatic nitrogens is 11. The van der Waals surface area contributed by atoms with E-state index in [9.17, 15) is 79.3 Å². The number of benzene rings is 6. The number of nitro benzene ring substituents is 2. The number of carbonyl (C=O) groups excluding carboxylic acids is 2. The fourth-order valence-electron chi connectivity index (χ4n) is 10.3. The Morgan fingerprint density at radius 2 is 0.908 bits per heavy atom. The quantitative estimate of drug-likeness (QED) is 0.00555. The topological polar surface area (TPSA) is 576 Å². The van der Waals surface area contributed by atoms with Crippen LogP contribution in [0.4, 0.5) is 126 Å². The highest BCUT2D eigenvalue weighted by molar-refractivity contribution is 6.00. The van der Waals surface area contributed by atoms with Crippen molar-refractivity contribution in [3.63, 3.8) is 0 Å². The van der Waals surface area contributed by atoms with Gasteiger partial charge in [-0.1, -0.05) is 0 Å². The number of aliphatic imine (C=N–C) groups is 2. The summed E-state index contributed by atoms with van der Waals surface area (Å²) in [5.74, 6) is 0.592. The molecule has 0 atom stereocenters. The molecule has 14 rings (SSSR count). The first kappa shape index (κ1) is 100. The molecule has 0 aliphatic rings. The van der Waals surface area contributed by atoms with Crippen LogP contribution in [0.3, 0.4) is 0 Å². The highest BCUT2D eigenvalue weighted by Gasteiger charge is 2.32. The van der Waals surface area contributed by atoms with Crippen molar-refractivity contribution in [1.29, 1.82) is 10.5 Å². The number of alkyl halides is 6. The number of urea groups is 1. The van der Waals surface area contributed by atoms with Crippen molar-refractivity contribution >= 4 is 138 Å². The van der Waals surface area contributed by atoms with Crippen molar-refractivity contribution in [2.75, 3.05) is 100 Å². The van der Waals surface area contributed by atoms with Crippen LogP contribution in [0.15, 0.2) is 238 Å². The van der Waals surface area contributed by atoms with E-state index in [-0.39, 0.29) is 62.3 Å². The molecule has 0 unspecified atom stereocenters. The number of nitrogens with one attached hydrogen (secondary N) is 8. The van der Waals surface area contributed by atoms with Crippen molar-refractivity contribution in [3.8, 4) is 23.6 Å². The van der Waals surface area contributed by atoms with Gasteiger partial charge in [-0.3, -0.25) is 39.5 Å². The first-order chi connectivity index (χ1) is 62.4. The number of nitrogen functional groups attached to an aromatic ring is 3. The number of aromatic amines is 3. The Bertz CT molecular complexity index is 6600. The van der Waals surface area contributed by atoms with Gasteiger partial charge in [0.15, 0.2) is 22.1 Å². The summed E-state index contributed by atoms with van der Waals surface area (Å²) in [4.78, 5) is 129. The van der Waals surface area contributed by atoms with Crippen molar-refractivity contribution in [2.24, 2.45) is 9.98 Å². The van der Waals surface area contributed by atoms with Crippen LogP contribution < -0.4 is 69.5 Å². The molecule has 6 aromatic carbocycles. The lowest BCUT2D eigenvalue weighted by molar-refractivity contribution is -0.385. The number of carbonyl (C=O) groups is 1. The van der Waals surface area contributed by atoms with Crippen LogP contribution in [0, 0.1) is 54.5 Å². The monoisotopic (exact) mass is 1810 g/mol. The predicted molar refractivity (Wildman–Crippen MR) is 470 cm³/mol. The molecule has 131 heavy (non-hydrogen) atoms. The smallest absolute Gasteiger partial charge is 0.416 e. The summed E-state index contributed by atoms with van der Waals surface area (Å²) in [7, 11) is 13.7. The number of fused-ring (bicyclic) bond motifs is 3. The lowest BCUT2D eigenvalue weighted by Crippen LogP contribution is -2.30. The van der Waals surface area contributed by atoms with Gasteiger partial charge in [-0.05, 0) is 135 Å². The number of H-pyrrole nitrogens is 3. The van der Waals surface area contributed by atoms with Crippen LogP contribution in [0.5, 0.6) is 11.5 Å². The molecule has 0 saturated heterocycles. The number of non-ortho nitro benzene ring substituents is 2. The zero-order valence-corrected chi connectivity index (χ0v) is 69.6. The molecule has 2 amide bonds. The number of anilines is 11. The number of amides is 2. The van der Waals surface area contributed by atoms with Gasteiger partial charge in [0.2, 0.25) is 12.5 Å². The highest BCUT2D eigenvalue weighted by atomic mass is 19.4. The standard InChI is InChI=1S/C21H14F4N6O2.C13H9N5O3.C13H11N5O.C10H12N4O.C8H3F4NO.C7H7N3O.C6H6N2O2.C5H13NO2/c22-14-6-1-11(21(23,24)25)9-15(14)31-20(33)30-13-4-2-12(3-5-13)29-19-17-16(32)7-8-26-18(17)27-10-28-19;19-10-5-6-14-12-11(10)13(16-7-15-12)17-8-1-3-9(4-2-8)18(20)21;14-8-1-3-9(4-2-8)18-13-11-10(19)5-6-15-12(11)16-7-17-13;1-14(2)7-13-10-8(6-11)9(15-3)4-5-12-10;9-6-2-1-5(8(10,11)12)3-7(6)13-4-14;1-11-6-2-3-10-7(9)5(6)4-8;7-5-1-3-6(4-2-5)8(9)10;1-6(2)5(7-3)8-4/h1-10H,(H2,30,31,33)(H2,26,27,28,29,32);1-7H,(H2,14,15,16,17,19);1-7H,14H2,(H2,15,16,17,18,19);4-5,7H,1-3H3;1-3H;2-3H,1H3,(H2,9,10);1-4H,7H2;5H,1-4H3. The van der Waals surface area contributed by atoms with E-state index in [1.807, 2.05) is 57.4 Å². The Hall–Kier alpha value is -17.9. The van der Waals surface area contributed by atoms with Crippen LogP contribution in [0.2, 0.25) is 0 Å². The van der Waals surface area contributed by atoms with E-state index in [0.717, 1.165) is 11.8 Å². The second-order valence-corrected chi connectivity index (χ2v) is 25.9. The number of nitrogens with zero attached hydrogens (tertiary/aromatic N) is 16. The number of hydrogen-bond donors (Lipinski definition) is 11. The molecule has 0 spiro atoms. The van der Waals surface area contributed by atoms with Crippen LogP contribution in [-0.2, 0) is 26.6 Å². The van der Waals surface area contributed by atoms with E-state index in [0.29, 0.717) is 121 Å². The average Bonchev–Trinajstić information content (AvgIpc) is 0.777. The Balaban J connectivity index is 0.000000213. The summed E-state index contributed by atoms with van der Waals surface area (Å²) >= 11 is 0. The second-order valence-electron chi connectivity index (χ2n) is 25.9. The summed E-state index contributed by atoms with van der Waals surface area (Å²) in [6.07, 6.45) is 4.69. The Morgan fingerprint density at radius 3 is 1.29 bits per heavy atom. The SMILES string of the molecule is COC(OC)N(C)C.COc1ccnc(N)c1C#N.COc1ccnc(N=CN(C)C)c1C#N.Nc1ccc(Nc2ncnc3[nH]ccc(=O)c23)cc1.Nc1ccc([N+](=O)[O-])cc1.O=C(Nc1ccc(Nc2ncnc3[nH]ccc(=O)c23)cc1)Nc1cc(C(F)(F)F)ccc1F.O=C=Nc1cc(C(F)(F)F)ccc1F.O=c1cc[nH]c2ncnc(Nc3ccc([N+](=O)[O-])cc3)c12. The van der Waals surface area contributed by atoms with Crippen LogP contribution in [0.25, 0.3) is 33.1 Å². The first-order valence-corrected chi connectivity index (χ1v) is 36.9. The third-order valence-corrected chi connectivity index (χ3v) is 16.4. The molecular formula is C83H75F8N27O13. The fourth-order valence-corrected chi connectivity index (χ4v) is 10.3. The molecule has 48 heteroatoms. The van der Waals surface area contributed by atoms with Crippen molar-refractivity contribution < 1.29 is 73.5 Å². The molecule has 0 aliphatic carbocycles. The van der Waals surface area contributed by atoms with Gasteiger partial charge in [0.1, 0.15) is 127 Å². The number of nitriles is 2. The zero-order chi connectivity index (χ0) is 96.1. The Kier molecular flexibility index (Phi) is 37.0. The summed E-state index contributed by atoms with van der Waals surface area (Å²) in [6, 6.07) is 38.6. The largest absolute Gasteiger partial charge is 0.495 e. The van der Waals surface area contributed by atoms with Crippen LogP contribution >= 0.6 is 0 Å². The lowest BCUT2D eigenvalue weighted by Gasteiger charge is -2.19. The first-order valence-electron chi connectivity index (χ1n) is 36.9. The molecule has 8 heterocycles. The van der Waals surface area contributed by atoms with Gasteiger partial charge < -0.3 is 82.6 Å². The molecule has 0 radical (unpaired) electrons. The zero-order valence-electron chi connectivity index (χ0n) is 69.6. The second kappa shape index (κ2) is 48.4. The van der Waals surface area contributed by atoms with E-state index < -0.39 is 62.4 Å². The number of nitro groups is 2. The van der Waals surface area contributed by atoms with Gasteiger partial charge >= 0.3 is 18.4 Å². The number of methoxy groups -OCH3 is 4. The summed E-state index contributed by atoms with van der Waals surface area (Å²) in [5.41, 5.74) is 17.7. The molecule has 40 nitrogen and oxygen atoms in total. The third-order valence-electron chi connectivity index (χ3n) is 16.4. The van der Waals surface area contributed by atoms with Gasteiger partial charge in [-0.15, -0.1) is 0 Å². The third kappa shape index (κ3) is 30.2. The number of hydrogen-bond acceptors (Lipinski definition) is 32. The summed E-state index contributed by atoms with van der Waals surface area (Å²) < 4.78 is 121. The van der Waals surface area contributed by atoms with Gasteiger partial charge in [-0.25, -0.2) is 63.2 Å². The number of pyridine rings is 5. The minimum absolute atomic E-state index is 0.00839. The molecule has 0 fully saturated rings. The van der Waals surface area contributed by atoms with Gasteiger partial charge in [-0.2, -0.15) is 41.9 Å². The molecule has 8 aromatic heterocycles. The maximum atomic E-state index is 13.8. The van der Waals surface area contributed by atoms with Crippen molar-refractivity contribution in [2.45, 2.75) is 18.8 Å². The van der Waals surface area contributed by atoms with Crippen LogP contribution in [0.1, 0.15) is 22.3 Å². The lowest BCUT2D eigenvalue weighted by atomic mass is 10.2. The number of halogens is 8. The maximum Gasteiger partial charge on any atom is 0.416 e. The predicted octanol–water partition coefficient (Wildman–Crippen LogP) is 14.3. The van der Waals surface area contributed by atoms with Gasteiger partial charge in [0, 0.05) is 136 Å². The highest BCUT2D eigenvalue weighted by Crippen LogP contribution is 2.35. The minimum atomic E-state index is -4.68. The average molecular weight is 1810 g/mol. The van der Waals surface area contributed by atoms with E-state index in [4.69, 9.17) is 46.7 Å². The fraction of sp³-hybridized carbons (Fsp3) is 0.133. The number of ether oxygens (including phenoxy) is 4. The number of rotatable bonds is 18.